The fraction of sp³-hybridized carbons (Fsp3) is 0.500. The summed E-state index contributed by atoms with van der Waals surface area (Å²) in [6, 6.07) is 1.48. The molecule has 1 heterocycles. The highest BCUT2D eigenvalue weighted by atomic mass is 16.5. The van der Waals surface area contributed by atoms with Crippen molar-refractivity contribution in [2.45, 2.75) is 33.3 Å². The zero-order chi connectivity index (χ0) is 9.84. The van der Waals surface area contributed by atoms with E-state index in [9.17, 15) is 5.11 Å². The lowest BCUT2D eigenvalue weighted by atomic mass is 10.3. The van der Waals surface area contributed by atoms with Crippen molar-refractivity contribution in [3.63, 3.8) is 0 Å². The molecule has 71 valence electrons. The van der Waals surface area contributed by atoms with Crippen LogP contribution in [-0.4, -0.2) is 11.1 Å². The van der Waals surface area contributed by atoms with Gasteiger partial charge in [-0.2, -0.15) is 0 Å². The number of hydrogen-bond donors (Lipinski definition) is 0. The van der Waals surface area contributed by atoms with E-state index in [0.29, 0.717) is 5.75 Å². The summed E-state index contributed by atoms with van der Waals surface area (Å²) in [6.45, 7) is 5.84. The molecule has 0 spiro atoms. The predicted molar refractivity (Wildman–Crippen MR) is 49.5 cm³/mol. The predicted octanol–water partition coefficient (Wildman–Crippen LogP) is 2.71. The van der Waals surface area contributed by atoms with Gasteiger partial charge in [0.25, 0.3) is 0 Å². The van der Waals surface area contributed by atoms with Gasteiger partial charge in [0.15, 0.2) is 0 Å². The zero-order valence-electron chi connectivity index (χ0n) is 8.20. The molecule has 1 unspecified atom stereocenters. The van der Waals surface area contributed by atoms with Gasteiger partial charge >= 0.3 is 0 Å². The molecule has 0 aliphatic rings. The van der Waals surface area contributed by atoms with E-state index < -0.39 is 0 Å². The van der Waals surface area contributed by atoms with E-state index in [0.717, 1.165) is 12.1 Å². The van der Waals surface area contributed by atoms with Crippen LogP contribution in [0, 0.1) is 6.92 Å². The van der Waals surface area contributed by atoms with E-state index in [1.54, 1.807) is 0 Å². The summed E-state index contributed by atoms with van der Waals surface area (Å²) in [4.78, 5) is 3.93. The minimum Gasteiger partial charge on any atom is -0.489 e. The summed E-state index contributed by atoms with van der Waals surface area (Å²) in [5.41, 5.74) is 0.764. The largest absolute Gasteiger partial charge is 0.489 e. The van der Waals surface area contributed by atoms with Gasteiger partial charge in [-0.1, -0.05) is 6.92 Å². The molecule has 0 aliphatic carbocycles. The molecule has 0 aliphatic heterocycles. The molecule has 0 bridgehead atoms. The van der Waals surface area contributed by atoms with Crippen LogP contribution < -0.4 is 4.74 Å². The van der Waals surface area contributed by atoms with E-state index in [1.165, 1.54) is 12.3 Å². The normalized spacial score (nSPS) is 12.5. The van der Waals surface area contributed by atoms with Gasteiger partial charge in [0.1, 0.15) is 5.75 Å². The number of ether oxygens (including phenoxy) is 1. The van der Waals surface area contributed by atoms with Crippen LogP contribution >= 0.6 is 0 Å². The first-order valence-corrected chi connectivity index (χ1v) is 4.43. The number of pyridine rings is 1. The van der Waals surface area contributed by atoms with Crippen LogP contribution in [0.15, 0.2) is 12.3 Å². The highest BCUT2D eigenvalue weighted by Crippen LogP contribution is 2.22. The molecule has 0 saturated heterocycles. The van der Waals surface area contributed by atoms with E-state index in [-0.39, 0.29) is 11.9 Å². The summed E-state index contributed by atoms with van der Waals surface area (Å²) in [7, 11) is 0. The van der Waals surface area contributed by atoms with Gasteiger partial charge in [0.2, 0.25) is 5.75 Å². The maximum Gasteiger partial charge on any atom is 0.200 e. The Morgan fingerprint density at radius 2 is 2.31 bits per heavy atom. The Bertz CT molecular complexity index is 286. The molecule has 1 atom stereocenters. The van der Waals surface area contributed by atoms with Crippen LogP contribution in [-0.2, 0) is 5.11 Å². The third-order valence-electron chi connectivity index (χ3n) is 1.92. The minimum absolute atomic E-state index is 0.107. The Morgan fingerprint density at radius 1 is 1.62 bits per heavy atom. The van der Waals surface area contributed by atoms with E-state index in [4.69, 9.17) is 4.74 Å². The van der Waals surface area contributed by atoms with E-state index in [2.05, 4.69) is 4.98 Å². The van der Waals surface area contributed by atoms with E-state index >= 15 is 0 Å². The van der Waals surface area contributed by atoms with Crippen molar-refractivity contribution >= 4 is 0 Å². The number of nitrogens with zero attached hydrogens (tertiary/aromatic N) is 1. The minimum atomic E-state index is -0.107. The van der Waals surface area contributed by atoms with Crippen LogP contribution in [0.2, 0.25) is 0 Å². The molecule has 1 aromatic rings. The van der Waals surface area contributed by atoms with Crippen LogP contribution in [0.5, 0.6) is 11.5 Å². The Hall–Kier alpha value is -1.25. The fourth-order valence-corrected chi connectivity index (χ4v) is 0.914. The lowest BCUT2D eigenvalue weighted by Gasteiger charge is -2.13. The molecule has 1 aromatic heterocycles. The van der Waals surface area contributed by atoms with Gasteiger partial charge < -0.3 is 4.74 Å². The second kappa shape index (κ2) is 4.12. The van der Waals surface area contributed by atoms with Crippen molar-refractivity contribution in [1.29, 1.82) is 0 Å². The Balaban J connectivity index is 2.81. The molecule has 0 N–H and O–H groups in total. The smallest absolute Gasteiger partial charge is 0.200 e. The second-order valence-corrected chi connectivity index (χ2v) is 3.09. The maximum absolute atomic E-state index is 11.0. The van der Waals surface area contributed by atoms with Crippen molar-refractivity contribution in [3.05, 3.63) is 18.0 Å². The lowest BCUT2D eigenvalue weighted by molar-refractivity contribution is 0.213. The quantitative estimate of drug-likeness (QED) is 0.717. The molecule has 1 rings (SSSR count). The Kier molecular flexibility index (Phi) is 3.12. The third kappa shape index (κ3) is 2.61. The standard InChI is InChI=1S/C10H14NO2/c1-4-7(2)13-10-5-9(12)6-11-8(10)3/h5-7H,4H2,1-3H3. The molecule has 0 aromatic carbocycles. The molecular weight excluding hydrogens is 166 g/mol. The summed E-state index contributed by atoms with van der Waals surface area (Å²) in [6.07, 6.45) is 2.35. The summed E-state index contributed by atoms with van der Waals surface area (Å²) >= 11 is 0. The average molecular weight is 180 g/mol. The van der Waals surface area contributed by atoms with Gasteiger partial charge in [0, 0.05) is 6.07 Å². The summed E-state index contributed by atoms with van der Waals surface area (Å²) in [5, 5.41) is 11.0. The lowest BCUT2D eigenvalue weighted by Crippen LogP contribution is -2.10. The number of aryl methyl sites for hydroxylation is 1. The third-order valence-corrected chi connectivity index (χ3v) is 1.92. The molecule has 1 radical (unpaired) electrons. The topological polar surface area (TPSA) is 42.0 Å². The molecule has 3 heteroatoms. The highest BCUT2D eigenvalue weighted by molar-refractivity contribution is 5.33. The van der Waals surface area contributed by atoms with Crippen molar-refractivity contribution in [2.75, 3.05) is 0 Å². The van der Waals surface area contributed by atoms with Crippen LogP contribution in [0.25, 0.3) is 0 Å². The SMILES string of the molecule is CCC(C)Oc1cc([O])cnc1C. The van der Waals surface area contributed by atoms with Gasteiger partial charge in [0.05, 0.1) is 18.0 Å². The van der Waals surface area contributed by atoms with Crippen LogP contribution in [0.4, 0.5) is 0 Å². The van der Waals surface area contributed by atoms with Gasteiger partial charge in [-0.3, -0.25) is 10.1 Å². The molecule has 0 saturated carbocycles. The second-order valence-electron chi connectivity index (χ2n) is 3.09. The molecule has 3 nitrogen and oxygen atoms in total. The first-order chi connectivity index (χ1) is 6.13. The van der Waals surface area contributed by atoms with Gasteiger partial charge in [-0.15, -0.1) is 0 Å². The number of hydrogen-bond acceptors (Lipinski definition) is 2. The Labute approximate surface area is 78.4 Å². The van der Waals surface area contributed by atoms with Crippen molar-refractivity contribution in [2.24, 2.45) is 0 Å². The number of aromatic nitrogens is 1. The average Bonchev–Trinajstić information content (AvgIpc) is 2.11. The number of rotatable bonds is 3. The van der Waals surface area contributed by atoms with Crippen molar-refractivity contribution in [1.82, 2.24) is 4.98 Å². The molecule has 0 fully saturated rings. The van der Waals surface area contributed by atoms with Crippen LogP contribution in [0.1, 0.15) is 26.0 Å². The molecule has 13 heavy (non-hydrogen) atoms. The van der Waals surface area contributed by atoms with E-state index in [1.807, 2.05) is 20.8 Å². The maximum atomic E-state index is 11.0. The summed E-state index contributed by atoms with van der Waals surface area (Å²) in [5.74, 6) is 0.491. The highest BCUT2D eigenvalue weighted by Gasteiger charge is 2.06. The van der Waals surface area contributed by atoms with Gasteiger partial charge in [-0.05, 0) is 20.3 Å². The van der Waals surface area contributed by atoms with Crippen LogP contribution in [0.3, 0.4) is 0 Å². The van der Waals surface area contributed by atoms with Gasteiger partial charge in [-0.25, -0.2) is 0 Å². The van der Waals surface area contributed by atoms with Crippen molar-refractivity contribution < 1.29 is 9.84 Å². The Morgan fingerprint density at radius 3 is 2.92 bits per heavy atom. The van der Waals surface area contributed by atoms with Crippen molar-refractivity contribution in [3.8, 4) is 11.5 Å². The molecule has 0 amide bonds. The summed E-state index contributed by atoms with van der Waals surface area (Å²) < 4.78 is 5.51. The fourth-order valence-electron chi connectivity index (χ4n) is 0.914. The first-order valence-electron chi connectivity index (χ1n) is 4.43. The zero-order valence-corrected chi connectivity index (χ0v) is 8.20. The molecular formula is C10H14NO2. The monoisotopic (exact) mass is 180 g/mol. The first kappa shape index (κ1) is 9.84.